The van der Waals surface area contributed by atoms with E-state index in [1.54, 1.807) is 19.9 Å². The van der Waals surface area contributed by atoms with Gasteiger partial charge in [0.2, 0.25) is 0 Å². The van der Waals surface area contributed by atoms with Gasteiger partial charge in [0.25, 0.3) is 5.91 Å². The molecule has 5 heteroatoms. The maximum Gasteiger partial charge on any atom is 0.326 e. The van der Waals surface area contributed by atoms with Gasteiger partial charge in [-0.15, -0.1) is 0 Å². The van der Waals surface area contributed by atoms with Crippen LogP contribution in [0.1, 0.15) is 25.0 Å². The first-order valence-electron chi connectivity index (χ1n) is 6.53. The predicted octanol–water partition coefficient (Wildman–Crippen LogP) is 1.91. The van der Waals surface area contributed by atoms with Crippen LogP contribution in [-0.2, 0) is 9.59 Å². The minimum absolute atomic E-state index is 0.183. The van der Waals surface area contributed by atoms with Crippen LogP contribution in [0.2, 0.25) is 0 Å². The summed E-state index contributed by atoms with van der Waals surface area (Å²) in [5.74, 6) is -1.04. The Bertz CT molecular complexity index is 497. The fraction of sp³-hybridized carbons (Fsp3) is 0.467. The van der Waals surface area contributed by atoms with Gasteiger partial charge in [-0.3, -0.25) is 4.79 Å². The van der Waals surface area contributed by atoms with Gasteiger partial charge in [-0.05, 0) is 31.4 Å². The van der Waals surface area contributed by atoms with Gasteiger partial charge in [-0.1, -0.05) is 31.5 Å². The summed E-state index contributed by atoms with van der Waals surface area (Å²) in [5.41, 5.74) is 2.06. The average Bonchev–Trinajstić information content (AvgIpc) is 2.34. The van der Waals surface area contributed by atoms with Gasteiger partial charge in [0.15, 0.2) is 6.61 Å². The molecule has 0 saturated carbocycles. The fourth-order valence-electron chi connectivity index (χ4n) is 1.83. The summed E-state index contributed by atoms with van der Waals surface area (Å²) in [4.78, 5) is 22.7. The molecule has 20 heavy (non-hydrogen) atoms. The van der Waals surface area contributed by atoms with E-state index in [0.717, 1.165) is 11.1 Å². The lowest BCUT2D eigenvalue weighted by atomic mass is 10.1. The molecule has 110 valence electrons. The molecule has 0 bridgehead atoms. The Labute approximate surface area is 118 Å². The van der Waals surface area contributed by atoms with Crippen molar-refractivity contribution in [1.82, 2.24) is 5.32 Å². The van der Waals surface area contributed by atoms with Crippen LogP contribution in [-0.4, -0.2) is 29.6 Å². The second-order valence-corrected chi connectivity index (χ2v) is 5.19. The maximum atomic E-state index is 11.7. The van der Waals surface area contributed by atoms with Crippen molar-refractivity contribution in [3.8, 4) is 5.75 Å². The Balaban J connectivity index is 2.57. The van der Waals surface area contributed by atoms with E-state index >= 15 is 0 Å². The Morgan fingerprint density at radius 3 is 2.45 bits per heavy atom. The second-order valence-electron chi connectivity index (χ2n) is 5.19. The molecule has 0 fully saturated rings. The molecule has 5 nitrogen and oxygen atoms in total. The summed E-state index contributed by atoms with van der Waals surface area (Å²) in [5, 5.41) is 11.5. The summed E-state index contributed by atoms with van der Waals surface area (Å²) in [6.45, 7) is 7.16. The SMILES string of the molecule is Cc1ccc(OCC(=O)N[C@@H](C(=O)O)C(C)C)c(C)c1. The van der Waals surface area contributed by atoms with Crippen LogP contribution < -0.4 is 10.1 Å². The average molecular weight is 279 g/mol. The molecule has 0 saturated heterocycles. The molecule has 1 aromatic carbocycles. The van der Waals surface area contributed by atoms with Crippen molar-refractivity contribution in [3.63, 3.8) is 0 Å². The van der Waals surface area contributed by atoms with Crippen LogP contribution in [0.4, 0.5) is 0 Å². The van der Waals surface area contributed by atoms with Crippen molar-refractivity contribution in [2.24, 2.45) is 5.92 Å². The zero-order chi connectivity index (χ0) is 15.3. The molecule has 0 aromatic heterocycles. The van der Waals surface area contributed by atoms with Gasteiger partial charge in [-0.2, -0.15) is 0 Å². The first kappa shape index (κ1) is 16.0. The molecule has 0 heterocycles. The smallest absolute Gasteiger partial charge is 0.326 e. The molecule has 0 spiro atoms. The third kappa shape index (κ3) is 4.57. The molecular weight excluding hydrogens is 258 g/mol. The molecule has 1 aromatic rings. The van der Waals surface area contributed by atoms with E-state index in [0.29, 0.717) is 5.75 Å². The van der Waals surface area contributed by atoms with E-state index in [2.05, 4.69) is 5.32 Å². The first-order valence-corrected chi connectivity index (χ1v) is 6.53. The Hall–Kier alpha value is -2.04. The van der Waals surface area contributed by atoms with Gasteiger partial charge < -0.3 is 15.2 Å². The summed E-state index contributed by atoms with van der Waals surface area (Å²) >= 11 is 0. The Morgan fingerprint density at radius 1 is 1.30 bits per heavy atom. The lowest BCUT2D eigenvalue weighted by Crippen LogP contribution is -2.46. The first-order chi connectivity index (χ1) is 9.31. The number of nitrogens with one attached hydrogen (secondary N) is 1. The van der Waals surface area contributed by atoms with Crippen molar-refractivity contribution >= 4 is 11.9 Å². The van der Waals surface area contributed by atoms with Gasteiger partial charge in [0, 0.05) is 0 Å². The van der Waals surface area contributed by atoms with Crippen LogP contribution in [0.25, 0.3) is 0 Å². The van der Waals surface area contributed by atoms with Gasteiger partial charge in [-0.25, -0.2) is 4.79 Å². The monoisotopic (exact) mass is 279 g/mol. The maximum absolute atomic E-state index is 11.7. The largest absolute Gasteiger partial charge is 0.484 e. The van der Waals surface area contributed by atoms with Crippen molar-refractivity contribution in [2.45, 2.75) is 33.7 Å². The lowest BCUT2D eigenvalue weighted by Gasteiger charge is -2.18. The quantitative estimate of drug-likeness (QED) is 0.834. The van der Waals surface area contributed by atoms with E-state index in [1.165, 1.54) is 0 Å². The minimum Gasteiger partial charge on any atom is -0.484 e. The van der Waals surface area contributed by atoms with E-state index < -0.39 is 17.9 Å². The van der Waals surface area contributed by atoms with Crippen LogP contribution in [0.15, 0.2) is 18.2 Å². The molecule has 1 rings (SSSR count). The number of benzene rings is 1. The molecule has 2 N–H and O–H groups in total. The molecule has 1 atom stereocenters. The lowest BCUT2D eigenvalue weighted by molar-refractivity contribution is -0.143. The highest BCUT2D eigenvalue weighted by Gasteiger charge is 2.23. The number of aliphatic carboxylic acids is 1. The Morgan fingerprint density at radius 2 is 1.95 bits per heavy atom. The topological polar surface area (TPSA) is 75.6 Å². The molecule has 0 aliphatic carbocycles. The van der Waals surface area contributed by atoms with E-state index in [1.807, 2.05) is 26.0 Å². The number of rotatable bonds is 6. The zero-order valence-electron chi connectivity index (χ0n) is 12.3. The highest BCUT2D eigenvalue weighted by molar-refractivity contribution is 5.84. The summed E-state index contributed by atoms with van der Waals surface area (Å²) in [6.07, 6.45) is 0. The normalized spacial score (nSPS) is 12.1. The highest BCUT2D eigenvalue weighted by atomic mass is 16.5. The van der Waals surface area contributed by atoms with Crippen molar-refractivity contribution in [3.05, 3.63) is 29.3 Å². The Kier molecular flexibility index (Phi) is 5.55. The molecule has 0 aliphatic rings. The molecule has 0 unspecified atom stereocenters. The number of ether oxygens (including phenoxy) is 1. The van der Waals surface area contributed by atoms with Crippen LogP contribution in [0.3, 0.4) is 0 Å². The molecular formula is C15H21NO4. The van der Waals surface area contributed by atoms with Crippen molar-refractivity contribution < 1.29 is 19.4 Å². The highest BCUT2D eigenvalue weighted by Crippen LogP contribution is 2.18. The third-order valence-electron chi connectivity index (χ3n) is 2.94. The number of carbonyl (C=O) groups is 2. The van der Waals surface area contributed by atoms with E-state index in [9.17, 15) is 9.59 Å². The standard InChI is InChI=1S/C15H21NO4/c1-9(2)14(15(18)19)16-13(17)8-20-12-6-5-10(3)7-11(12)4/h5-7,9,14H,8H2,1-4H3,(H,16,17)(H,18,19)/t14-/m1/s1. The number of carboxylic acid groups (broad SMARTS) is 1. The number of carbonyl (C=O) groups excluding carboxylic acids is 1. The minimum atomic E-state index is -1.04. The second kappa shape index (κ2) is 6.93. The zero-order valence-corrected chi connectivity index (χ0v) is 12.3. The predicted molar refractivity (Wildman–Crippen MR) is 75.8 cm³/mol. The van der Waals surface area contributed by atoms with Crippen LogP contribution in [0, 0.1) is 19.8 Å². The molecule has 0 radical (unpaired) electrons. The fourth-order valence-corrected chi connectivity index (χ4v) is 1.83. The van der Waals surface area contributed by atoms with Crippen LogP contribution >= 0.6 is 0 Å². The van der Waals surface area contributed by atoms with Crippen LogP contribution in [0.5, 0.6) is 5.75 Å². The summed E-state index contributed by atoms with van der Waals surface area (Å²) < 4.78 is 5.41. The number of aryl methyl sites for hydroxylation is 2. The number of carboxylic acids is 1. The van der Waals surface area contributed by atoms with Crippen molar-refractivity contribution in [1.29, 1.82) is 0 Å². The summed E-state index contributed by atoms with van der Waals surface area (Å²) in [6, 6.07) is 4.76. The molecule has 1 amide bonds. The van der Waals surface area contributed by atoms with E-state index in [-0.39, 0.29) is 12.5 Å². The molecule has 0 aliphatic heterocycles. The van der Waals surface area contributed by atoms with Crippen molar-refractivity contribution in [2.75, 3.05) is 6.61 Å². The number of hydrogen-bond donors (Lipinski definition) is 2. The van der Waals surface area contributed by atoms with Gasteiger partial charge >= 0.3 is 5.97 Å². The third-order valence-corrected chi connectivity index (χ3v) is 2.94. The number of amides is 1. The summed E-state index contributed by atoms with van der Waals surface area (Å²) in [7, 11) is 0. The van der Waals surface area contributed by atoms with E-state index in [4.69, 9.17) is 9.84 Å². The van der Waals surface area contributed by atoms with Gasteiger partial charge in [0.1, 0.15) is 11.8 Å². The number of hydrogen-bond acceptors (Lipinski definition) is 3. The van der Waals surface area contributed by atoms with Gasteiger partial charge in [0.05, 0.1) is 0 Å².